The Morgan fingerprint density at radius 2 is 2.27 bits per heavy atom. The molecule has 3 heteroatoms. The molecule has 0 saturated heterocycles. The third kappa shape index (κ3) is 2.65. The van der Waals surface area contributed by atoms with Crippen molar-refractivity contribution in [1.29, 1.82) is 0 Å². The molecule has 0 atom stereocenters. The maximum Gasteiger partial charge on any atom is 0.123 e. The maximum absolute atomic E-state index is 12.5. The average Bonchev–Trinajstić information content (AvgIpc) is 2.01. The van der Waals surface area contributed by atoms with Crippen LogP contribution in [0.25, 0.3) is 0 Å². The summed E-state index contributed by atoms with van der Waals surface area (Å²) in [6, 6.07) is 6.33. The Kier molecular flexibility index (Phi) is 3.01. The molecule has 0 radical (unpaired) electrons. The van der Waals surface area contributed by atoms with Crippen molar-refractivity contribution in [1.82, 2.24) is 5.48 Å². The van der Waals surface area contributed by atoms with Crippen LogP contribution in [0.4, 0.5) is 4.39 Å². The van der Waals surface area contributed by atoms with Crippen molar-refractivity contribution < 1.29 is 9.60 Å². The highest BCUT2D eigenvalue weighted by atomic mass is 19.1. The van der Waals surface area contributed by atoms with Gasteiger partial charge in [-0.2, -0.15) is 0 Å². The van der Waals surface area contributed by atoms with Gasteiger partial charge in [0.25, 0.3) is 0 Å². The van der Waals surface area contributed by atoms with Crippen molar-refractivity contribution in [2.75, 3.05) is 6.54 Å². The van der Waals surface area contributed by atoms with E-state index in [4.69, 9.17) is 5.21 Å². The normalized spacial score (nSPS) is 10.0. The first-order valence-electron chi connectivity index (χ1n) is 3.44. The second kappa shape index (κ2) is 4.05. The van der Waals surface area contributed by atoms with Gasteiger partial charge in [-0.3, -0.25) is 0 Å². The lowest BCUT2D eigenvalue weighted by atomic mass is 10.1. The van der Waals surface area contributed by atoms with Crippen LogP contribution in [0, 0.1) is 5.82 Å². The Bertz CT molecular complexity index is 227. The number of hydrogen-bond acceptors (Lipinski definition) is 2. The summed E-state index contributed by atoms with van der Waals surface area (Å²) < 4.78 is 12.5. The molecule has 0 aliphatic rings. The Hall–Kier alpha value is -0.930. The standard InChI is InChI=1S/C8H10FNO/c9-8-3-1-2-7(6-8)4-5-10-11/h1-3,6,10-11H,4-5H2. The second-order valence-corrected chi connectivity index (χ2v) is 2.29. The van der Waals surface area contributed by atoms with Gasteiger partial charge < -0.3 is 5.21 Å². The van der Waals surface area contributed by atoms with Gasteiger partial charge in [-0.25, -0.2) is 9.87 Å². The first kappa shape index (κ1) is 8.17. The molecule has 0 fully saturated rings. The Morgan fingerprint density at radius 1 is 1.45 bits per heavy atom. The predicted molar refractivity (Wildman–Crippen MR) is 39.9 cm³/mol. The van der Waals surface area contributed by atoms with Gasteiger partial charge in [-0.05, 0) is 24.1 Å². The van der Waals surface area contributed by atoms with Gasteiger partial charge in [0.2, 0.25) is 0 Å². The van der Waals surface area contributed by atoms with E-state index >= 15 is 0 Å². The zero-order valence-corrected chi connectivity index (χ0v) is 6.05. The topological polar surface area (TPSA) is 32.3 Å². The quantitative estimate of drug-likeness (QED) is 0.646. The fourth-order valence-electron chi connectivity index (χ4n) is 0.893. The summed E-state index contributed by atoms with van der Waals surface area (Å²) in [5.74, 6) is -0.236. The van der Waals surface area contributed by atoms with Gasteiger partial charge >= 0.3 is 0 Å². The number of rotatable bonds is 3. The molecule has 0 saturated carbocycles. The van der Waals surface area contributed by atoms with E-state index in [-0.39, 0.29) is 5.82 Å². The lowest BCUT2D eigenvalue weighted by Crippen LogP contribution is -2.11. The van der Waals surface area contributed by atoms with E-state index in [2.05, 4.69) is 0 Å². The largest absolute Gasteiger partial charge is 0.317 e. The van der Waals surface area contributed by atoms with Crippen LogP contribution in [-0.2, 0) is 6.42 Å². The van der Waals surface area contributed by atoms with Crippen LogP contribution in [-0.4, -0.2) is 11.8 Å². The van der Waals surface area contributed by atoms with Crippen molar-refractivity contribution >= 4 is 0 Å². The number of hydroxylamine groups is 1. The minimum Gasteiger partial charge on any atom is -0.317 e. The molecule has 0 heterocycles. The van der Waals surface area contributed by atoms with Crippen LogP contribution in [0.2, 0.25) is 0 Å². The molecule has 0 bridgehead atoms. The zero-order valence-electron chi connectivity index (χ0n) is 6.05. The highest BCUT2D eigenvalue weighted by Crippen LogP contribution is 2.02. The minimum absolute atomic E-state index is 0.236. The lowest BCUT2D eigenvalue weighted by molar-refractivity contribution is 0.168. The Labute approximate surface area is 64.6 Å². The van der Waals surface area contributed by atoms with E-state index < -0.39 is 0 Å². The Balaban J connectivity index is 2.56. The molecular weight excluding hydrogens is 145 g/mol. The molecule has 0 aromatic heterocycles. The van der Waals surface area contributed by atoms with E-state index in [1.807, 2.05) is 11.5 Å². The molecule has 2 N–H and O–H groups in total. The van der Waals surface area contributed by atoms with Crippen LogP contribution in [0.5, 0.6) is 0 Å². The van der Waals surface area contributed by atoms with Gasteiger partial charge in [0, 0.05) is 6.54 Å². The monoisotopic (exact) mass is 155 g/mol. The molecular formula is C8H10FNO. The molecule has 0 spiro atoms. The second-order valence-electron chi connectivity index (χ2n) is 2.29. The molecule has 0 unspecified atom stereocenters. The average molecular weight is 155 g/mol. The van der Waals surface area contributed by atoms with Gasteiger partial charge in [-0.1, -0.05) is 12.1 Å². The molecule has 60 valence electrons. The summed E-state index contributed by atoms with van der Waals surface area (Å²) in [6.45, 7) is 0.448. The van der Waals surface area contributed by atoms with Crippen molar-refractivity contribution in [2.24, 2.45) is 0 Å². The summed E-state index contributed by atoms with van der Waals surface area (Å²) >= 11 is 0. The molecule has 0 aliphatic heterocycles. The first-order valence-corrected chi connectivity index (χ1v) is 3.44. The summed E-state index contributed by atoms with van der Waals surface area (Å²) in [4.78, 5) is 0. The van der Waals surface area contributed by atoms with Crippen molar-refractivity contribution in [2.45, 2.75) is 6.42 Å². The number of nitrogens with one attached hydrogen (secondary N) is 1. The fourth-order valence-corrected chi connectivity index (χ4v) is 0.893. The van der Waals surface area contributed by atoms with Crippen molar-refractivity contribution in [3.05, 3.63) is 35.6 Å². The van der Waals surface area contributed by atoms with Gasteiger partial charge in [0.15, 0.2) is 0 Å². The first-order chi connectivity index (χ1) is 5.33. The Morgan fingerprint density at radius 3 is 2.91 bits per heavy atom. The summed E-state index contributed by atoms with van der Waals surface area (Å²) in [7, 11) is 0. The van der Waals surface area contributed by atoms with Gasteiger partial charge in [0.05, 0.1) is 0 Å². The third-order valence-corrected chi connectivity index (χ3v) is 1.41. The van der Waals surface area contributed by atoms with Gasteiger partial charge in [0.1, 0.15) is 5.82 Å². The molecule has 1 aromatic carbocycles. The van der Waals surface area contributed by atoms with Crippen LogP contribution in [0.15, 0.2) is 24.3 Å². The minimum atomic E-state index is -0.236. The SMILES string of the molecule is ONCCc1cccc(F)c1. The van der Waals surface area contributed by atoms with E-state index in [0.29, 0.717) is 13.0 Å². The number of benzene rings is 1. The number of hydrogen-bond donors (Lipinski definition) is 2. The molecule has 0 amide bonds. The van der Waals surface area contributed by atoms with E-state index in [0.717, 1.165) is 5.56 Å². The van der Waals surface area contributed by atoms with E-state index in [1.165, 1.54) is 12.1 Å². The summed E-state index contributed by atoms with van der Waals surface area (Å²) in [6.07, 6.45) is 0.633. The highest BCUT2D eigenvalue weighted by molar-refractivity contribution is 5.16. The molecule has 0 aliphatic carbocycles. The van der Waals surface area contributed by atoms with E-state index in [1.54, 1.807) is 6.07 Å². The van der Waals surface area contributed by atoms with Crippen LogP contribution < -0.4 is 5.48 Å². The molecule has 11 heavy (non-hydrogen) atoms. The third-order valence-electron chi connectivity index (χ3n) is 1.41. The summed E-state index contributed by atoms with van der Waals surface area (Å²) in [5, 5.41) is 8.25. The van der Waals surface area contributed by atoms with Crippen LogP contribution >= 0.6 is 0 Å². The lowest BCUT2D eigenvalue weighted by Gasteiger charge is -1.98. The number of halogens is 1. The maximum atomic E-state index is 12.5. The smallest absolute Gasteiger partial charge is 0.123 e. The van der Waals surface area contributed by atoms with Crippen molar-refractivity contribution in [3.8, 4) is 0 Å². The zero-order chi connectivity index (χ0) is 8.10. The highest BCUT2D eigenvalue weighted by Gasteiger charge is 1.93. The van der Waals surface area contributed by atoms with Gasteiger partial charge in [-0.15, -0.1) is 0 Å². The van der Waals surface area contributed by atoms with Crippen molar-refractivity contribution in [3.63, 3.8) is 0 Å². The van der Waals surface area contributed by atoms with E-state index in [9.17, 15) is 4.39 Å². The van der Waals surface area contributed by atoms with Crippen LogP contribution in [0.1, 0.15) is 5.56 Å². The molecule has 1 aromatic rings. The fraction of sp³-hybridized carbons (Fsp3) is 0.250. The predicted octanol–water partition coefficient (Wildman–Crippen LogP) is 1.35. The molecule has 2 nitrogen and oxygen atoms in total. The van der Waals surface area contributed by atoms with Crippen LogP contribution in [0.3, 0.4) is 0 Å². The molecule has 1 rings (SSSR count). The summed E-state index contributed by atoms with van der Waals surface area (Å²) in [5.41, 5.74) is 2.89.